The average Bonchev–Trinajstić information content (AvgIpc) is 2.60. The standard InChI is InChI=1S/C16H23ClN2O/c1-13(18-20)15-12-14(17)8-9-16(15)19-10-6-4-2-3-5-7-11-19/h8-9,12,20H,2-7,10-11H2,1H3/b18-13+. The quantitative estimate of drug-likeness (QED) is 0.487. The molecule has 0 amide bonds. The molecule has 0 aromatic heterocycles. The van der Waals surface area contributed by atoms with Crippen LogP contribution in [0.1, 0.15) is 51.0 Å². The molecule has 0 aliphatic carbocycles. The Bertz CT molecular complexity index is 464. The molecule has 1 aromatic rings. The number of benzene rings is 1. The summed E-state index contributed by atoms with van der Waals surface area (Å²) in [6.45, 7) is 3.94. The van der Waals surface area contributed by atoms with E-state index < -0.39 is 0 Å². The molecule has 1 heterocycles. The predicted octanol–water partition coefficient (Wildman–Crippen LogP) is 4.70. The number of nitrogens with zero attached hydrogens (tertiary/aromatic N) is 2. The Morgan fingerprint density at radius 3 is 2.30 bits per heavy atom. The van der Waals surface area contributed by atoms with Gasteiger partial charge in [0.1, 0.15) is 0 Å². The topological polar surface area (TPSA) is 35.8 Å². The van der Waals surface area contributed by atoms with Gasteiger partial charge in [-0.2, -0.15) is 0 Å². The van der Waals surface area contributed by atoms with Gasteiger partial charge in [0.05, 0.1) is 5.71 Å². The van der Waals surface area contributed by atoms with Gasteiger partial charge in [-0.05, 0) is 38.0 Å². The maximum atomic E-state index is 9.07. The van der Waals surface area contributed by atoms with Crippen molar-refractivity contribution in [1.82, 2.24) is 0 Å². The summed E-state index contributed by atoms with van der Waals surface area (Å²) in [4.78, 5) is 2.41. The zero-order valence-electron chi connectivity index (χ0n) is 12.1. The summed E-state index contributed by atoms with van der Waals surface area (Å²) in [7, 11) is 0. The maximum absolute atomic E-state index is 9.07. The van der Waals surface area contributed by atoms with Gasteiger partial charge >= 0.3 is 0 Å². The van der Waals surface area contributed by atoms with E-state index in [0.717, 1.165) is 24.3 Å². The van der Waals surface area contributed by atoms with Gasteiger partial charge in [0, 0.05) is 29.4 Å². The third-order valence-electron chi connectivity index (χ3n) is 3.95. The smallest absolute Gasteiger partial charge is 0.0858 e. The van der Waals surface area contributed by atoms with Gasteiger partial charge in [0.15, 0.2) is 0 Å². The van der Waals surface area contributed by atoms with Crippen molar-refractivity contribution in [1.29, 1.82) is 0 Å². The summed E-state index contributed by atoms with van der Waals surface area (Å²) >= 11 is 6.09. The number of hydrogen-bond acceptors (Lipinski definition) is 3. The molecule has 1 aliphatic heterocycles. The van der Waals surface area contributed by atoms with Crippen LogP contribution < -0.4 is 4.90 Å². The Kier molecular flexibility index (Phi) is 5.72. The Morgan fingerprint density at radius 1 is 1.10 bits per heavy atom. The SMILES string of the molecule is C/C(=N\O)c1cc(Cl)ccc1N1CCCCCCCC1. The molecule has 0 unspecified atom stereocenters. The minimum absolute atomic E-state index is 0.613. The Morgan fingerprint density at radius 2 is 1.70 bits per heavy atom. The van der Waals surface area contributed by atoms with Crippen LogP contribution >= 0.6 is 11.6 Å². The van der Waals surface area contributed by atoms with Gasteiger partial charge in [-0.3, -0.25) is 0 Å². The number of halogens is 1. The molecule has 1 N–H and O–H groups in total. The van der Waals surface area contributed by atoms with E-state index >= 15 is 0 Å². The summed E-state index contributed by atoms with van der Waals surface area (Å²) in [6, 6.07) is 5.85. The number of oxime groups is 1. The van der Waals surface area contributed by atoms with Gasteiger partial charge < -0.3 is 10.1 Å². The molecule has 1 saturated heterocycles. The summed E-state index contributed by atoms with van der Waals surface area (Å²) in [6.07, 6.45) is 7.73. The number of anilines is 1. The molecule has 1 aliphatic rings. The summed E-state index contributed by atoms with van der Waals surface area (Å²) < 4.78 is 0. The normalized spacial score (nSPS) is 18.3. The second-order valence-electron chi connectivity index (χ2n) is 5.46. The predicted molar refractivity (Wildman–Crippen MR) is 85.4 cm³/mol. The van der Waals surface area contributed by atoms with Crippen LogP contribution in [-0.4, -0.2) is 24.0 Å². The van der Waals surface area contributed by atoms with Crippen molar-refractivity contribution in [2.24, 2.45) is 5.16 Å². The third kappa shape index (κ3) is 3.89. The van der Waals surface area contributed by atoms with E-state index in [9.17, 15) is 0 Å². The second kappa shape index (κ2) is 7.53. The van der Waals surface area contributed by atoms with E-state index in [1.54, 1.807) is 0 Å². The van der Waals surface area contributed by atoms with Crippen LogP contribution in [0.3, 0.4) is 0 Å². The highest BCUT2D eigenvalue weighted by atomic mass is 35.5. The van der Waals surface area contributed by atoms with Crippen LogP contribution in [0.2, 0.25) is 5.02 Å². The first-order valence-electron chi connectivity index (χ1n) is 7.46. The van der Waals surface area contributed by atoms with Crippen molar-refractivity contribution >= 4 is 23.0 Å². The fourth-order valence-electron chi connectivity index (χ4n) is 2.79. The highest BCUT2D eigenvalue weighted by Gasteiger charge is 2.14. The summed E-state index contributed by atoms with van der Waals surface area (Å²) in [5.41, 5.74) is 2.67. The first-order chi connectivity index (χ1) is 9.72. The Hall–Kier alpha value is -1.22. The van der Waals surface area contributed by atoms with Crippen molar-refractivity contribution < 1.29 is 5.21 Å². The third-order valence-corrected chi connectivity index (χ3v) is 4.18. The van der Waals surface area contributed by atoms with Gasteiger partial charge in [-0.25, -0.2) is 0 Å². The minimum Gasteiger partial charge on any atom is -0.411 e. The lowest BCUT2D eigenvalue weighted by Gasteiger charge is -2.26. The molecule has 110 valence electrons. The van der Waals surface area contributed by atoms with Crippen molar-refractivity contribution in [2.45, 2.75) is 45.4 Å². The zero-order valence-corrected chi connectivity index (χ0v) is 12.9. The van der Waals surface area contributed by atoms with Gasteiger partial charge in [-0.15, -0.1) is 0 Å². The second-order valence-corrected chi connectivity index (χ2v) is 5.89. The van der Waals surface area contributed by atoms with E-state index in [-0.39, 0.29) is 0 Å². The van der Waals surface area contributed by atoms with E-state index in [1.807, 2.05) is 25.1 Å². The maximum Gasteiger partial charge on any atom is 0.0858 e. The monoisotopic (exact) mass is 294 g/mol. The van der Waals surface area contributed by atoms with E-state index in [4.69, 9.17) is 16.8 Å². The number of hydrogen-bond donors (Lipinski definition) is 1. The fourth-order valence-corrected chi connectivity index (χ4v) is 2.96. The molecule has 0 atom stereocenters. The largest absolute Gasteiger partial charge is 0.411 e. The van der Waals surface area contributed by atoms with Crippen molar-refractivity contribution in [2.75, 3.05) is 18.0 Å². The number of rotatable bonds is 2. The van der Waals surface area contributed by atoms with E-state index in [1.165, 1.54) is 38.5 Å². The molecular weight excluding hydrogens is 272 g/mol. The molecule has 20 heavy (non-hydrogen) atoms. The first kappa shape index (κ1) is 15.2. The van der Waals surface area contributed by atoms with Crippen LogP contribution in [0, 0.1) is 0 Å². The first-order valence-corrected chi connectivity index (χ1v) is 7.83. The minimum atomic E-state index is 0.613. The van der Waals surface area contributed by atoms with Gasteiger partial charge in [0.2, 0.25) is 0 Å². The van der Waals surface area contributed by atoms with Crippen molar-refractivity contribution in [3.8, 4) is 0 Å². The van der Waals surface area contributed by atoms with Crippen molar-refractivity contribution in [3.63, 3.8) is 0 Å². The van der Waals surface area contributed by atoms with Crippen LogP contribution in [0.4, 0.5) is 5.69 Å². The summed E-state index contributed by atoms with van der Waals surface area (Å²) in [5, 5.41) is 13.1. The molecule has 0 saturated carbocycles. The highest BCUT2D eigenvalue weighted by Crippen LogP contribution is 2.27. The highest BCUT2D eigenvalue weighted by molar-refractivity contribution is 6.31. The average molecular weight is 295 g/mol. The van der Waals surface area contributed by atoms with Gasteiger partial charge in [-0.1, -0.05) is 42.4 Å². The molecule has 2 rings (SSSR count). The molecule has 0 spiro atoms. The molecule has 4 heteroatoms. The van der Waals surface area contributed by atoms with Crippen LogP contribution in [-0.2, 0) is 0 Å². The van der Waals surface area contributed by atoms with Gasteiger partial charge in [0.25, 0.3) is 0 Å². The molecular formula is C16H23ClN2O. The summed E-state index contributed by atoms with van der Waals surface area (Å²) in [5.74, 6) is 0. The molecule has 0 radical (unpaired) electrons. The van der Waals surface area contributed by atoms with Crippen LogP contribution in [0.25, 0.3) is 0 Å². The fraction of sp³-hybridized carbons (Fsp3) is 0.562. The van der Waals surface area contributed by atoms with Crippen LogP contribution in [0.5, 0.6) is 0 Å². The Labute approximate surface area is 126 Å². The molecule has 3 nitrogen and oxygen atoms in total. The van der Waals surface area contributed by atoms with Crippen molar-refractivity contribution in [3.05, 3.63) is 28.8 Å². The molecule has 0 bridgehead atoms. The lowest BCUT2D eigenvalue weighted by molar-refractivity contribution is 0.319. The van der Waals surface area contributed by atoms with E-state index in [0.29, 0.717) is 10.7 Å². The lowest BCUT2D eigenvalue weighted by atomic mass is 10.1. The lowest BCUT2D eigenvalue weighted by Crippen LogP contribution is -2.27. The molecule has 1 aromatic carbocycles. The van der Waals surface area contributed by atoms with Crippen LogP contribution in [0.15, 0.2) is 23.4 Å². The zero-order chi connectivity index (χ0) is 14.4. The Balaban J connectivity index is 2.28. The van der Waals surface area contributed by atoms with E-state index in [2.05, 4.69) is 10.1 Å². The molecule has 1 fully saturated rings.